The molecule has 0 aliphatic rings. The molecule has 0 heterocycles. The highest BCUT2D eigenvalue weighted by molar-refractivity contribution is 5.47. The van der Waals surface area contributed by atoms with Gasteiger partial charge in [0.25, 0.3) is 0 Å². The third-order valence-electron chi connectivity index (χ3n) is 4.81. The second-order valence-electron chi connectivity index (χ2n) is 7.34. The summed E-state index contributed by atoms with van der Waals surface area (Å²) in [6.45, 7) is 6.86. The first-order valence-electron chi connectivity index (χ1n) is 11.0. The summed E-state index contributed by atoms with van der Waals surface area (Å²) < 4.78 is 11.6. The van der Waals surface area contributed by atoms with Crippen molar-refractivity contribution in [1.82, 2.24) is 0 Å². The number of hydrogen-bond acceptors (Lipinski definition) is 3. The van der Waals surface area contributed by atoms with Gasteiger partial charge in [0, 0.05) is 12.2 Å². The van der Waals surface area contributed by atoms with Crippen molar-refractivity contribution in [3.8, 4) is 11.5 Å². The number of benzene rings is 2. The van der Waals surface area contributed by atoms with Crippen molar-refractivity contribution >= 4 is 5.69 Å². The fraction of sp³-hybridized carbons (Fsp3) is 0.520. The summed E-state index contributed by atoms with van der Waals surface area (Å²) in [5.74, 6) is 1.90. The van der Waals surface area contributed by atoms with Crippen LogP contribution in [-0.2, 0) is 6.54 Å². The topological polar surface area (TPSA) is 30.5 Å². The summed E-state index contributed by atoms with van der Waals surface area (Å²) in [5, 5.41) is 3.46. The zero-order valence-electron chi connectivity index (χ0n) is 17.7. The Hall–Kier alpha value is -2.16. The smallest absolute Gasteiger partial charge is 0.119 e. The molecule has 0 radical (unpaired) electrons. The van der Waals surface area contributed by atoms with Crippen molar-refractivity contribution in [2.45, 2.75) is 71.8 Å². The molecular weight excluding hydrogens is 346 g/mol. The molecule has 3 heteroatoms. The molecule has 3 nitrogen and oxygen atoms in total. The van der Waals surface area contributed by atoms with Gasteiger partial charge >= 0.3 is 0 Å². The van der Waals surface area contributed by atoms with Crippen molar-refractivity contribution in [2.24, 2.45) is 0 Å². The van der Waals surface area contributed by atoms with E-state index in [0.717, 1.165) is 49.8 Å². The van der Waals surface area contributed by atoms with Crippen LogP contribution in [0.3, 0.4) is 0 Å². The van der Waals surface area contributed by atoms with Gasteiger partial charge in [0.05, 0.1) is 13.2 Å². The zero-order chi connectivity index (χ0) is 19.9. The quantitative estimate of drug-likeness (QED) is 0.329. The lowest BCUT2D eigenvalue weighted by Gasteiger charge is -2.10. The van der Waals surface area contributed by atoms with Gasteiger partial charge < -0.3 is 14.8 Å². The Balaban J connectivity index is 1.65. The normalized spacial score (nSPS) is 10.6. The standard InChI is InChI=1S/C25H37NO2/c1-3-5-7-8-10-20-28-25-17-13-23(14-18-25)26-21-22-11-15-24(16-12-22)27-19-9-6-4-2/h11-18,26H,3-10,19-21H2,1-2H3. The Morgan fingerprint density at radius 1 is 0.607 bits per heavy atom. The molecule has 2 aromatic carbocycles. The van der Waals surface area contributed by atoms with E-state index in [0.29, 0.717) is 0 Å². The van der Waals surface area contributed by atoms with Crippen LogP contribution in [0.1, 0.15) is 70.8 Å². The summed E-state index contributed by atoms with van der Waals surface area (Å²) >= 11 is 0. The van der Waals surface area contributed by atoms with E-state index < -0.39 is 0 Å². The molecule has 0 bridgehead atoms. The van der Waals surface area contributed by atoms with Crippen LogP contribution in [0.15, 0.2) is 48.5 Å². The predicted octanol–water partition coefficient (Wildman–Crippen LogP) is 7.22. The highest BCUT2D eigenvalue weighted by Crippen LogP contribution is 2.18. The number of nitrogens with one attached hydrogen (secondary N) is 1. The molecule has 0 atom stereocenters. The molecular formula is C25H37NO2. The Morgan fingerprint density at radius 2 is 1.11 bits per heavy atom. The van der Waals surface area contributed by atoms with Crippen LogP contribution in [0.4, 0.5) is 5.69 Å². The summed E-state index contributed by atoms with van der Waals surface area (Å²) in [6.07, 6.45) is 9.90. The molecule has 2 rings (SSSR count). The highest BCUT2D eigenvalue weighted by atomic mass is 16.5. The second-order valence-corrected chi connectivity index (χ2v) is 7.34. The van der Waals surface area contributed by atoms with Crippen molar-refractivity contribution in [3.63, 3.8) is 0 Å². The third-order valence-corrected chi connectivity index (χ3v) is 4.81. The third kappa shape index (κ3) is 9.16. The molecule has 0 aliphatic heterocycles. The van der Waals surface area contributed by atoms with E-state index in [1.54, 1.807) is 0 Å². The van der Waals surface area contributed by atoms with Gasteiger partial charge in [-0.2, -0.15) is 0 Å². The van der Waals surface area contributed by atoms with E-state index in [4.69, 9.17) is 9.47 Å². The average molecular weight is 384 g/mol. The van der Waals surface area contributed by atoms with Gasteiger partial charge in [0.15, 0.2) is 0 Å². The molecule has 154 valence electrons. The summed E-state index contributed by atoms with van der Waals surface area (Å²) in [7, 11) is 0. The maximum atomic E-state index is 5.82. The van der Waals surface area contributed by atoms with Gasteiger partial charge in [-0.15, -0.1) is 0 Å². The fourth-order valence-electron chi connectivity index (χ4n) is 3.01. The minimum atomic E-state index is 0.799. The second kappa shape index (κ2) is 13.9. The van der Waals surface area contributed by atoms with E-state index in [1.165, 1.54) is 44.1 Å². The number of anilines is 1. The van der Waals surface area contributed by atoms with E-state index in [1.807, 2.05) is 12.1 Å². The number of hydrogen-bond donors (Lipinski definition) is 1. The molecule has 0 saturated heterocycles. The SMILES string of the molecule is CCCCCCCOc1ccc(NCc2ccc(OCCCCC)cc2)cc1. The first kappa shape index (κ1) is 22.1. The number of ether oxygens (including phenoxy) is 2. The van der Waals surface area contributed by atoms with Gasteiger partial charge in [-0.1, -0.05) is 64.5 Å². The monoisotopic (exact) mass is 383 g/mol. The summed E-state index contributed by atoms with van der Waals surface area (Å²) in [4.78, 5) is 0. The van der Waals surface area contributed by atoms with E-state index in [-0.39, 0.29) is 0 Å². The molecule has 28 heavy (non-hydrogen) atoms. The molecule has 0 fully saturated rings. The van der Waals surface area contributed by atoms with Crippen molar-refractivity contribution in [1.29, 1.82) is 0 Å². The van der Waals surface area contributed by atoms with Gasteiger partial charge in [-0.05, 0) is 54.8 Å². The number of unbranched alkanes of at least 4 members (excludes halogenated alkanes) is 6. The average Bonchev–Trinajstić information content (AvgIpc) is 2.74. The van der Waals surface area contributed by atoms with E-state index in [2.05, 4.69) is 55.6 Å². The largest absolute Gasteiger partial charge is 0.494 e. The molecule has 0 spiro atoms. The maximum Gasteiger partial charge on any atom is 0.119 e. The highest BCUT2D eigenvalue weighted by Gasteiger charge is 1.99. The molecule has 0 amide bonds. The molecule has 2 aromatic rings. The van der Waals surface area contributed by atoms with Crippen molar-refractivity contribution < 1.29 is 9.47 Å². The molecule has 1 N–H and O–H groups in total. The Bertz CT molecular complexity index is 622. The first-order chi connectivity index (χ1) is 13.8. The van der Waals surface area contributed by atoms with Crippen molar-refractivity contribution in [2.75, 3.05) is 18.5 Å². The summed E-state index contributed by atoms with van der Waals surface area (Å²) in [5.41, 5.74) is 2.35. The fourth-order valence-corrected chi connectivity index (χ4v) is 3.01. The summed E-state index contributed by atoms with van der Waals surface area (Å²) in [6, 6.07) is 16.6. The lowest BCUT2D eigenvalue weighted by atomic mass is 10.2. The molecule has 0 saturated carbocycles. The van der Waals surface area contributed by atoms with Crippen LogP contribution in [0.2, 0.25) is 0 Å². The van der Waals surface area contributed by atoms with Crippen LogP contribution in [0.25, 0.3) is 0 Å². The molecule has 0 aromatic heterocycles. The van der Waals surface area contributed by atoms with Gasteiger partial charge in [0.1, 0.15) is 11.5 Å². The first-order valence-corrected chi connectivity index (χ1v) is 11.0. The van der Waals surface area contributed by atoms with Crippen LogP contribution in [0, 0.1) is 0 Å². The Morgan fingerprint density at radius 3 is 1.71 bits per heavy atom. The Kier molecular flexibility index (Phi) is 11.0. The van der Waals surface area contributed by atoms with Crippen LogP contribution in [-0.4, -0.2) is 13.2 Å². The molecule has 0 unspecified atom stereocenters. The zero-order valence-corrected chi connectivity index (χ0v) is 17.7. The predicted molar refractivity (Wildman–Crippen MR) is 119 cm³/mol. The Labute approximate surface area is 171 Å². The van der Waals surface area contributed by atoms with Gasteiger partial charge in [-0.25, -0.2) is 0 Å². The van der Waals surface area contributed by atoms with Crippen molar-refractivity contribution in [3.05, 3.63) is 54.1 Å². The maximum absolute atomic E-state index is 5.82. The lowest BCUT2D eigenvalue weighted by molar-refractivity contribution is 0.304. The van der Waals surface area contributed by atoms with Crippen LogP contribution >= 0.6 is 0 Å². The van der Waals surface area contributed by atoms with Crippen LogP contribution in [0.5, 0.6) is 11.5 Å². The minimum absolute atomic E-state index is 0.799. The van der Waals surface area contributed by atoms with E-state index >= 15 is 0 Å². The van der Waals surface area contributed by atoms with E-state index in [9.17, 15) is 0 Å². The number of rotatable bonds is 15. The van der Waals surface area contributed by atoms with Crippen LogP contribution < -0.4 is 14.8 Å². The van der Waals surface area contributed by atoms with Gasteiger partial charge in [-0.3, -0.25) is 0 Å². The minimum Gasteiger partial charge on any atom is -0.494 e. The van der Waals surface area contributed by atoms with Gasteiger partial charge in [0.2, 0.25) is 0 Å². The molecule has 0 aliphatic carbocycles. The lowest BCUT2D eigenvalue weighted by Crippen LogP contribution is -2.01.